The van der Waals surface area contributed by atoms with Gasteiger partial charge in [-0.3, -0.25) is 4.79 Å². The first kappa shape index (κ1) is 14.0. The Kier molecular flexibility index (Phi) is 4.22. The lowest BCUT2D eigenvalue weighted by Gasteiger charge is -2.06. The van der Waals surface area contributed by atoms with Crippen molar-refractivity contribution in [1.82, 2.24) is 0 Å². The number of anilines is 1. The van der Waals surface area contributed by atoms with Gasteiger partial charge in [0.2, 0.25) is 0 Å². The highest BCUT2D eigenvalue weighted by molar-refractivity contribution is 9.10. The molecule has 0 saturated heterocycles. The van der Waals surface area contributed by atoms with Gasteiger partial charge in [-0.2, -0.15) is 0 Å². The minimum Gasteiger partial charge on any atom is -0.398 e. The van der Waals surface area contributed by atoms with E-state index in [0.717, 1.165) is 4.47 Å². The number of benzene rings is 2. The van der Waals surface area contributed by atoms with Gasteiger partial charge < -0.3 is 5.73 Å². The first-order valence-corrected chi connectivity index (χ1v) is 6.66. The molecule has 2 aromatic rings. The summed E-state index contributed by atoms with van der Waals surface area (Å²) in [5, 5.41) is 0.461. The number of hydrogen-bond donors (Lipinski definition) is 1. The number of carbonyl (C=O) groups excluding carboxylic acids is 1. The van der Waals surface area contributed by atoms with Gasteiger partial charge in [-0.25, -0.2) is 4.39 Å². The quantitative estimate of drug-likeness (QED) is 0.669. The predicted octanol–water partition coefficient (Wildman–Crippen LogP) is 4.25. The Bertz CT molecular complexity index is 645. The topological polar surface area (TPSA) is 43.1 Å². The molecule has 0 aliphatic heterocycles. The highest BCUT2D eigenvalue weighted by atomic mass is 79.9. The molecule has 2 nitrogen and oxygen atoms in total. The molecule has 0 saturated carbocycles. The number of nitrogen functional groups attached to an aromatic ring is 1. The summed E-state index contributed by atoms with van der Waals surface area (Å²) >= 11 is 9.02. The SMILES string of the molecule is Nc1cc(Cl)ccc1C(=O)Cc1cc(Br)ccc1F. The van der Waals surface area contributed by atoms with E-state index in [-0.39, 0.29) is 12.2 Å². The van der Waals surface area contributed by atoms with Gasteiger partial charge in [-0.15, -0.1) is 0 Å². The van der Waals surface area contributed by atoms with Crippen LogP contribution in [0.15, 0.2) is 40.9 Å². The molecule has 0 bridgehead atoms. The zero-order chi connectivity index (χ0) is 14.0. The molecule has 0 spiro atoms. The molecule has 0 aliphatic rings. The maximum Gasteiger partial charge on any atom is 0.169 e. The first-order chi connectivity index (χ1) is 8.97. The number of rotatable bonds is 3. The van der Waals surface area contributed by atoms with Crippen LogP contribution in [-0.4, -0.2) is 5.78 Å². The van der Waals surface area contributed by atoms with Crippen LogP contribution in [0.1, 0.15) is 15.9 Å². The molecule has 0 atom stereocenters. The lowest BCUT2D eigenvalue weighted by Crippen LogP contribution is -2.08. The number of nitrogens with two attached hydrogens (primary N) is 1. The van der Waals surface area contributed by atoms with Gasteiger partial charge >= 0.3 is 0 Å². The molecule has 2 rings (SSSR count). The Labute approximate surface area is 123 Å². The summed E-state index contributed by atoms with van der Waals surface area (Å²) in [6.07, 6.45) is -0.0445. The first-order valence-electron chi connectivity index (χ1n) is 5.49. The fourth-order valence-corrected chi connectivity index (χ4v) is 2.32. The average molecular weight is 343 g/mol. The molecule has 0 radical (unpaired) electrons. The smallest absolute Gasteiger partial charge is 0.169 e. The second kappa shape index (κ2) is 5.72. The van der Waals surface area contributed by atoms with Crippen LogP contribution in [0, 0.1) is 5.82 Å². The van der Waals surface area contributed by atoms with Crippen LogP contribution in [0.25, 0.3) is 0 Å². The van der Waals surface area contributed by atoms with Crippen molar-refractivity contribution >= 4 is 39.0 Å². The molecule has 2 N–H and O–H groups in total. The molecule has 0 unspecified atom stereocenters. The summed E-state index contributed by atoms with van der Waals surface area (Å²) in [7, 11) is 0. The van der Waals surface area contributed by atoms with Crippen LogP contribution in [0.5, 0.6) is 0 Å². The van der Waals surface area contributed by atoms with E-state index < -0.39 is 5.82 Å². The summed E-state index contributed by atoms with van der Waals surface area (Å²) in [5.41, 5.74) is 6.71. The maximum atomic E-state index is 13.6. The Morgan fingerprint density at radius 1 is 1.26 bits per heavy atom. The molecule has 19 heavy (non-hydrogen) atoms. The van der Waals surface area contributed by atoms with Crippen LogP contribution in [-0.2, 0) is 6.42 Å². The van der Waals surface area contributed by atoms with Crippen LogP contribution in [0.3, 0.4) is 0 Å². The van der Waals surface area contributed by atoms with E-state index >= 15 is 0 Å². The second-order valence-corrected chi connectivity index (χ2v) is 5.42. The number of halogens is 3. The van der Waals surface area contributed by atoms with Crippen LogP contribution in [0.4, 0.5) is 10.1 Å². The third-order valence-corrected chi connectivity index (χ3v) is 3.40. The zero-order valence-corrected chi connectivity index (χ0v) is 12.1. The monoisotopic (exact) mass is 341 g/mol. The lowest BCUT2D eigenvalue weighted by atomic mass is 10.0. The van der Waals surface area contributed by atoms with E-state index in [4.69, 9.17) is 17.3 Å². The van der Waals surface area contributed by atoms with Crippen molar-refractivity contribution in [2.24, 2.45) is 0 Å². The summed E-state index contributed by atoms with van der Waals surface area (Å²) in [4.78, 5) is 12.1. The van der Waals surface area contributed by atoms with Gasteiger partial charge in [0.1, 0.15) is 5.82 Å². The maximum absolute atomic E-state index is 13.6. The summed E-state index contributed by atoms with van der Waals surface area (Å²) in [6.45, 7) is 0. The fourth-order valence-electron chi connectivity index (χ4n) is 1.73. The fraction of sp³-hybridized carbons (Fsp3) is 0.0714. The number of hydrogen-bond acceptors (Lipinski definition) is 2. The number of Topliss-reactive ketones (excluding diaryl/α,β-unsaturated/α-hetero) is 1. The standard InChI is InChI=1S/C14H10BrClFNO/c15-9-1-4-12(17)8(5-9)6-14(19)11-3-2-10(16)7-13(11)18/h1-5,7H,6,18H2. The van der Waals surface area contributed by atoms with Crippen LogP contribution < -0.4 is 5.73 Å². The summed E-state index contributed by atoms with van der Waals surface area (Å²) < 4.78 is 14.3. The molecule has 0 amide bonds. The highest BCUT2D eigenvalue weighted by Crippen LogP contribution is 2.22. The van der Waals surface area contributed by atoms with Crippen molar-refractivity contribution in [2.45, 2.75) is 6.42 Å². The van der Waals surface area contributed by atoms with Crippen LogP contribution in [0.2, 0.25) is 5.02 Å². The van der Waals surface area contributed by atoms with E-state index in [2.05, 4.69) is 15.9 Å². The highest BCUT2D eigenvalue weighted by Gasteiger charge is 2.13. The van der Waals surface area contributed by atoms with Crippen LogP contribution >= 0.6 is 27.5 Å². The average Bonchev–Trinajstić information content (AvgIpc) is 2.33. The van der Waals surface area contributed by atoms with E-state index in [0.29, 0.717) is 21.8 Å². The molecule has 0 aromatic heterocycles. The van der Waals surface area contributed by atoms with Crippen molar-refractivity contribution in [2.75, 3.05) is 5.73 Å². The van der Waals surface area contributed by atoms with Crippen molar-refractivity contribution in [3.63, 3.8) is 0 Å². The van der Waals surface area contributed by atoms with Gasteiger partial charge in [0.15, 0.2) is 5.78 Å². The van der Waals surface area contributed by atoms with Gasteiger partial charge in [0.25, 0.3) is 0 Å². The normalized spacial score (nSPS) is 10.5. The molecule has 5 heteroatoms. The second-order valence-electron chi connectivity index (χ2n) is 4.07. The molecule has 2 aromatic carbocycles. The summed E-state index contributed by atoms with van der Waals surface area (Å²) in [6, 6.07) is 9.13. The molecule has 0 heterocycles. The predicted molar refractivity (Wildman–Crippen MR) is 78.0 cm³/mol. The van der Waals surface area contributed by atoms with E-state index in [1.54, 1.807) is 24.3 Å². The van der Waals surface area contributed by atoms with Crippen molar-refractivity contribution < 1.29 is 9.18 Å². The van der Waals surface area contributed by atoms with E-state index in [1.165, 1.54) is 12.1 Å². The number of ketones is 1. The molecule has 0 aliphatic carbocycles. The Balaban J connectivity index is 2.28. The third-order valence-electron chi connectivity index (χ3n) is 2.67. The van der Waals surface area contributed by atoms with Crippen molar-refractivity contribution in [1.29, 1.82) is 0 Å². The Morgan fingerprint density at radius 3 is 2.68 bits per heavy atom. The van der Waals surface area contributed by atoms with Gasteiger partial charge in [0, 0.05) is 27.2 Å². The van der Waals surface area contributed by atoms with Gasteiger partial charge in [-0.05, 0) is 42.0 Å². The largest absolute Gasteiger partial charge is 0.398 e. The lowest BCUT2D eigenvalue weighted by molar-refractivity contribution is 0.0992. The molecular weight excluding hydrogens is 333 g/mol. The Hall–Kier alpha value is -1.39. The molecular formula is C14H10BrClFNO. The van der Waals surface area contributed by atoms with E-state index in [9.17, 15) is 9.18 Å². The van der Waals surface area contributed by atoms with Gasteiger partial charge in [0.05, 0.1) is 0 Å². The Morgan fingerprint density at radius 2 is 2.00 bits per heavy atom. The van der Waals surface area contributed by atoms with Crippen molar-refractivity contribution in [3.05, 3.63) is 62.8 Å². The minimum absolute atomic E-state index is 0.0445. The number of carbonyl (C=O) groups is 1. The minimum atomic E-state index is -0.413. The zero-order valence-electron chi connectivity index (χ0n) is 9.79. The van der Waals surface area contributed by atoms with Gasteiger partial charge in [-0.1, -0.05) is 27.5 Å². The van der Waals surface area contributed by atoms with Crippen molar-refractivity contribution in [3.8, 4) is 0 Å². The molecule has 0 fully saturated rings. The molecule has 98 valence electrons. The third kappa shape index (κ3) is 3.33. The van der Waals surface area contributed by atoms with E-state index in [1.807, 2.05) is 0 Å². The summed E-state index contributed by atoms with van der Waals surface area (Å²) in [5.74, 6) is -0.657.